The first-order valence-electron chi connectivity index (χ1n) is 12.1. The zero-order valence-electron chi connectivity index (χ0n) is 22.1. The van der Waals surface area contributed by atoms with E-state index in [1.165, 1.54) is 25.2 Å². The molecule has 1 saturated heterocycles. The van der Waals surface area contributed by atoms with Crippen molar-refractivity contribution < 1.29 is 28.9 Å². The van der Waals surface area contributed by atoms with Gasteiger partial charge in [0.25, 0.3) is 11.7 Å². The number of carbonyl (C=O) groups excluding carboxylic acids is 2. The molecule has 4 rings (SSSR count). The van der Waals surface area contributed by atoms with Crippen molar-refractivity contribution in [2.24, 2.45) is 0 Å². The van der Waals surface area contributed by atoms with Crippen LogP contribution in [-0.4, -0.2) is 51.7 Å². The van der Waals surface area contributed by atoms with Crippen LogP contribution in [0, 0.1) is 0 Å². The van der Waals surface area contributed by atoms with E-state index in [9.17, 15) is 14.7 Å². The number of halogens is 2. The Morgan fingerprint density at radius 2 is 1.67 bits per heavy atom. The summed E-state index contributed by atoms with van der Waals surface area (Å²) in [6, 6.07) is 14.6. The van der Waals surface area contributed by atoms with Gasteiger partial charge in [0.15, 0.2) is 11.5 Å². The Morgan fingerprint density at radius 1 is 1.00 bits per heavy atom. The lowest BCUT2D eigenvalue weighted by Gasteiger charge is -2.26. The molecule has 0 saturated carbocycles. The van der Waals surface area contributed by atoms with Crippen molar-refractivity contribution in [2.75, 3.05) is 44.7 Å². The minimum atomic E-state index is -0.970. The molecule has 3 aromatic rings. The first-order valence-corrected chi connectivity index (χ1v) is 12.8. The van der Waals surface area contributed by atoms with Crippen LogP contribution in [0.1, 0.15) is 24.1 Å². The molecular formula is C29H28Cl2N2O6. The number of methoxy groups -OCH3 is 2. The van der Waals surface area contributed by atoms with Crippen LogP contribution in [0.4, 0.5) is 11.4 Å². The van der Waals surface area contributed by atoms with Crippen molar-refractivity contribution in [1.29, 1.82) is 0 Å². The van der Waals surface area contributed by atoms with Crippen LogP contribution in [-0.2, 0) is 9.59 Å². The molecule has 0 aliphatic carbocycles. The highest BCUT2D eigenvalue weighted by atomic mass is 35.5. The average Bonchev–Trinajstić information content (AvgIpc) is 3.18. The number of anilines is 2. The van der Waals surface area contributed by atoms with Gasteiger partial charge in [-0.1, -0.05) is 41.4 Å². The van der Waals surface area contributed by atoms with Crippen molar-refractivity contribution >= 4 is 52.0 Å². The van der Waals surface area contributed by atoms with Crippen LogP contribution in [0.25, 0.3) is 5.76 Å². The smallest absolute Gasteiger partial charge is 0.300 e. The second-order valence-corrected chi connectivity index (χ2v) is 9.66. The quantitative estimate of drug-likeness (QED) is 0.199. The largest absolute Gasteiger partial charge is 0.507 e. The number of aliphatic hydroxyl groups is 1. The molecular weight excluding hydrogens is 543 g/mol. The second kappa shape index (κ2) is 11.5. The van der Waals surface area contributed by atoms with Crippen LogP contribution in [0.3, 0.4) is 0 Å². The highest BCUT2D eigenvalue weighted by Gasteiger charge is 2.47. The number of amides is 1. The summed E-state index contributed by atoms with van der Waals surface area (Å²) in [5.74, 6) is -1.44. The molecule has 1 fully saturated rings. The molecule has 1 amide bonds. The molecule has 1 aliphatic heterocycles. The summed E-state index contributed by atoms with van der Waals surface area (Å²) in [6.45, 7) is 2.28. The van der Waals surface area contributed by atoms with Gasteiger partial charge in [0.05, 0.1) is 43.0 Å². The zero-order valence-corrected chi connectivity index (χ0v) is 23.6. The predicted octanol–water partition coefficient (Wildman–Crippen LogP) is 6.10. The number of carbonyl (C=O) groups is 2. The van der Waals surface area contributed by atoms with Crippen LogP contribution < -0.4 is 24.0 Å². The minimum absolute atomic E-state index is 0.0135. The van der Waals surface area contributed by atoms with Gasteiger partial charge in [0, 0.05) is 31.5 Å². The van der Waals surface area contributed by atoms with E-state index in [-0.39, 0.29) is 32.7 Å². The number of aliphatic hydroxyl groups excluding tert-OH is 1. The van der Waals surface area contributed by atoms with Crippen molar-refractivity contribution in [1.82, 2.24) is 0 Å². The molecule has 10 heteroatoms. The first kappa shape index (κ1) is 28.1. The molecule has 1 unspecified atom stereocenters. The van der Waals surface area contributed by atoms with E-state index < -0.39 is 23.5 Å². The van der Waals surface area contributed by atoms with Crippen LogP contribution in [0.15, 0.2) is 60.2 Å². The van der Waals surface area contributed by atoms with Crippen molar-refractivity contribution in [3.8, 4) is 17.2 Å². The van der Waals surface area contributed by atoms with E-state index in [1.54, 1.807) is 24.3 Å². The topological polar surface area (TPSA) is 88.5 Å². The maximum atomic E-state index is 13.6. The summed E-state index contributed by atoms with van der Waals surface area (Å²) in [4.78, 5) is 30.4. The van der Waals surface area contributed by atoms with E-state index in [1.807, 2.05) is 50.2 Å². The van der Waals surface area contributed by atoms with Gasteiger partial charge in [-0.3, -0.25) is 14.5 Å². The standard InChI is InChI=1S/C29H28Cl2N2O6/c1-6-39-19-9-7-8-18(14-19)33-24(16-10-12-17(13-11-16)32(2)3)22(26(35)29(33)36)25(34)20-15-21(30)28(38-5)23(31)27(20)37-4/h7-15,24,34H,6H2,1-5H3/b25-22+. The SMILES string of the molecule is CCOc1cccc(N2C(=O)C(=O)/C(=C(/O)c3cc(Cl)c(OC)c(Cl)c3OC)C2c2ccc(N(C)C)cc2)c1. The van der Waals surface area contributed by atoms with Gasteiger partial charge >= 0.3 is 0 Å². The third-order valence-electron chi connectivity index (χ3n) is 6.37. The van der Waals surface area contributed by atoms with E-state index in [2.05, 4.69) is 0 Å². The van der Waals surface area contributed by atoms with Crippen LogP contribution in [0.2, 0.25) is 10.0 Å². The third kappa shape index (κ3) is 5.10. The molecule has 1 heterocycles. The molecule has 1 aliphatic rings. The van der Waals surface area contributed by atoms with Crippen LogP contribution >= 0.6 is 23.2 Å². The van der Waals surface area contributed by atoms with E-state index >= 15 is 0 Å². The molecule has 0 radical (unpaired) electrons. The number of hydrogen-bond donors (Lipinski definition) is 1. The molecule has 0 bridgehead atoms. The van der Waals surface area contributed by atoms with Crippen molar-refractivity contribution in [2.45, 2.75) is 13.0 Å². The maximum Gasteiger partial charge on any atom is 0.300 e. The Bertz CT molecular complexity index is 1450. The summed E-state index contributed by atoms with van der Waals surface area (Å²) in [5, 5.41) is 11.7. The lowest BCUT2D eigenvalue weighted by Crippen LogP contribution is -2.29. The Kier molecular flexibility index (Phi) is 8.28. The molecule has 0 spiro atoms. The highest BCUT2D eigenvalue weighted by Crippen LogP contribution is 2.48. The summed E-state index contributed by atoms with van der Waals surface area (Å²) < 4.78 is 16.3. The predicted molar refractivity (Wildman–Crippen MR) is 153 cm³/mol. The van der Waals surface area contributed by atoms with Crippen LogP contribution in [0.5, 0.6) is 17.2 Å². The zero-order chi connectivity index (χ0) is 28.4. The lowest BCUT2D eigenvalue weighted by molar-refractivity contribution is -0.132. The number of rotatable bonds is 8. The highest BCUT2D eigenvalue weighted by molar-refractivity contribution is 6.52. The molecule has 204 valence electrons. The number of benzene rings is 3. The fraction of sp³-hybridized carbons (Fsp3) is 0.241. The number of Topliss-reactive ketones (excluding diaryl/α,β-unsaturated/α-hetero) is 1. The average molecular weight is 571 g/mol. The lowest BCUT2D eigenvalue weighted by atomic mass is 9.94. The molecule has 39 heavy (non-hydrogen) atoms. The van der Waals surface area contributed by atoms with E-state index in [4.69, 9.17) is 37.4 Å². The summed E-state index contributed by atoms with van der Waals surface area (Å²) >= 11 is 12.8. The molecule has 1 atom stereocenters. The van der Waals surface area contributed by atoms with Crippen molar-refractivity contribution in [3.05, 3.63) is 81.3 Å². The Labute approximate surface area is 236 Å². The normalized spacial score (nSPS) is 16.4. The van der Waals surface area contributed by atoms with Gasteiger partial charge in [-0.25, -0.2) is 0 Å². The number of ether oxygens (including phenoxy) is 3. The molecule has 1 N–H and O–H groups in total. The fourth-order valence-electron chi connectivity index (χ4n) is 4.55. The number of hydrogen-bond acceptors (Lipinski definition) is 7. The Balaban J connectivity index is 1.99. The van der Waals surface area contributed by atoms with Gasteiger partial charge < -0.3 is 24.2 Å². The van der Waals surface area contributed by atoms with E-state index in [0.29, 0.717) is 23.6 Å². The van der Waals surface area contributed by atoms with Gasteiger partial charge in [-0.2, -0.15) is 0 Å². The monoisotopic (exact) mass is 570 g/mol. The van der Waals surface area contributed by atoms with Crippen molar-refractivity contribution in [3.63, 3.8) is 0 Å². The second-order valence-electron chi connectivity index (χ2n) is 8.87. The summed E-state index contributed by atoms with van der Waals surface area (Å²) in [6.07, 6.45) is 0. The molecule has 3 aromatic carbocycles. The fourth-order valence-corrected chi connectivity index (χ4v) is 5.24. The molecule has 0 aromatic heterocycles. The van der Waals surface area contributed by atoms with Gasteiger partial charge in [-0.05, 0) is 42.8 Å². The van der Waals surface area contributed by atoms with Gasteiger partial charge in [-0.15, -0.1) is 0 Å². The summed E-state index contributed by atoms with van der Waals surface area (Å²) in [7, 11) is 6.57. The first-order chi connectivity index (χ1) is 18.6. The Hall–Kier alpha value is -3.88. The summed E-state index contributed by atoms with van der Waals surface area (Å²) in [5.41, 5.74) is 1.86. The van der Waals surface area contributed by atoms with E-state index in [0.717, 1.165) is 5.69 Å². The minimum Gasteiger partial charge on any atom is -0.507 e. The Morgan fingerprint density at radius 3 is 2.26 bits per heavy atom. The van der Waals surface area contributed by atoms with Gasteiger partial charge in [0.1, 0.15) is 16.5 Å². The molecule has 8 nitrogen and oxygen atoms in total. The number of nitrogens with zero attached hydrogens (tertiary/aromatic N) is 2. The maximum absolute atomic E-state index is 13.6. The van der Waals surface area contributed by atoms with Gasteiger partial charge in [0.2, 0.25) is 0 Å². The number of ketones is 1. The third-order valence-corrected chi connectivity index (χ3v) is 7.00.